The number of rotatable bonds is 5. The van der Waals surface area contributed by atoms with Crippen LogP contribution in [-0.2, 0) is 6.54 Å². The normalized spacial score (nSPS) is 10.2. The fourth-order valence-electron chi connectivity index (χ4n) is 2.14. The molecule has 2 aromatic carbocycles. The first-order valence-corrected chi connectivity index (χ1v) is 8.54. The number of aromatic nitrogens is 2. The molecule has 0 saturated carbocycles. The van der Waals surface area contributed by atoms with Crippen LogP contribution in [0.3, 0.4) is 0 Å². The molecule has 0 atom stereocenters. The van der Waals surface area contributed by atoms with Gasteiger partial charge in [0.25, 0.3) is 0 Å². The van der Waals surface area contributed by atoms with E-state index in [4.69, 9.17) is 17.0 Å². The van der Waals surface area contributed by atoms with Crippen molar-refractivity contribution in [1.29, 1.82) is 0 Å². The van der Waals surface area contributed by atoms with Gasteiger partial charge in [-0.1, -0.05) is 34.8 Å². The van der Waals surface area contributed by atoms with Crippen LogP contribution in [0.25, 0.3) is 11.3 Å². The molecule has 0 aliphatic rings. The molecule has 0 radical (unpaired) electrons. The van der Waals surface area contributed by atoms with Crippen LogP contribution in [0.15, 0.2) is 53.9 Å². The van der Waals surface area contributed by atoms with Gasteiger partial charge in [0.15, 0.2) is 5.11 Å². The Bertz CT molecular complexity index is 804. The van der Waals surface area contributed by atoms with E-state index in [-0.39, 0.29) is 0 Å². The van der Waals surface area contributed by atoms with Crippen LogP contribution in [0.4, 0.5) is 5.69 Å². The van der Waals surface area contributed by atoms with Crippen LogP contribution in [0.2, 0.25) is 0 Å². The summed E-state index contributed by atoms with van der Waals surface area (Å²) < 4.78 is 9.07. The first-order valence-electron chi connectivity index (χ1n) is 7.30. The van der Waals surface area contributed by atoms with Crippen molar-refractivity contribution in [1.82, 2.24) is 14.9 Å². The molecular formula is C17H16N4OS2. The Hall–Kier alpha value is -2.51. The van der Waals surface area contributed by atoms with Gasteiger partial charge in [-0.15, -0.1) is 5.10 Å². The van der Waals surface area contributed by atoms with E-state index in [0.29, 0.717) is 11.7 Å². The number of nitrogens with one attached hydrogen (secondary N) is 2. The Labute approximate surface area is 149 Å². The van der Waals surface area contributed by atoms with Gasteiger partial charge in [0.1, 0.15) is 11.4 Å². The van der Waals surface area contributed by atoms with Crippen molar-refractivity contribution in [2.75, 3.05) is 12.4 Å². The lowest BCUT2D eigenvalue weighted by Gasteiger charge is -2.11. The van der Waals surface area contributed by atoms with E-state index in [2.05, 4.69) is 32.4 Å². The van der Waals surface area contributed by atoms with Crippen LogP contribution in [0.1, 0.15) is 5.56 Å². The predicted octanol–water partition coefficient (Wildman–Crippen LogP) is 3.70. The van der Waals surface area contributed by atoms with Gasteiger partial charge < -0.3 is 15.4 Å². The van der Waals surface area contributed by atoms with Crippen LogP contribution in [-0.4, -0.2) is 21.8 Å². The Kier molecular flexibility index (Phi) is 5.35. The third-order valence-corrected chi connectivity index (χ3v) is 4.14. The molecule has 0 saturated heterocycles. The van der Waals surface area contributed by atoms with Gasteiger partial charge in [0.2, 0.25) is 0 Å². The first kappa shape index (κ1) is 16.4. The summed E-state index contributed by atoms with van der Waals surface area (Å²) in [5, 5.41) is 12.9. The number of anilines is 1. The SMILES string of the molecule is COc1cccc(NC(=S)NCc2ccc(-c3csnn3)cc2)c1. The van der Waals surface area contributed by atoms with Crippen LogP contribution in [0, 0.1) is 0 Å². The number of hydrogen-bond acceptors (Lipinski definition) is 5. The van der Waals surface area contributed by atoms with Crippen LogP contribution >= 0.6 is 23.8 Å². The molecule has 1 heterocycles. The van der Waals surface area contributed by atoms with Crippen molar-refractivity contribution in [2.24, 2.45) is 0 Å². The lowest BCUT2D eigenvalue weighted by Crippen LogP contribution is -2.27. The largest absolute Gasteiger partial charge is 0.497 e. The minimum atomic E-state index is 0.566. The van der Waals surface area contributed by atoms with E-state index in [1.807, 2.05) is 41.8 Å². The van der Waals surface area contributed by atoms with Gasteiger partial charge in [-0.05, 0) is 41.4 Å². The summed E-state index contributed by atoms with van der Waals surface area (Å²) in [5.41, 5.74) is 3.98. The highest BCUT2D eigenvalue weighted by molar-refractivity contribution is 7.80. The van der Waals surface area contributed by atoms with Crippen molar-refractivity contribution in [3.05, 3.63) is 59.5 Å². The van der Waals surface area contributed by atoms with Crippen LogP contribution in [0.5, 0.6) is 5.75 Å². The van der Waals surface area contributed by atoms with Gasteiger partial charge in [0, 0.05) is 29.2 Å². The molecule has 0 aliphatic heterocycles. The van der Waals surface area contributed by atoms with Gasteiger partial charge in [-0.2, -0.15) is 0 Å². The highest BCUT2D eigenvalue weighted by Crippen LogP contribution is 2.18. The summed E-state index contributed by atoms with van der Waals surface area (Å²) in [5.74, 6) is 0.787. The summed E-state index contributed by atoms with van der Waals surface area (Å²) in [6.45, 7) is 0.644. The average Bonchev–Trinajstić information content (AvgIpc) is 3.15. The molecule has 0 amide bonds. The van der Waals surface area contributed by atoms with E-state index < -0.39 is 0 Å². The van der Waals surface area contributed by atoms with Gasteiger partial charge in [0.05, 0.1) is 7.11 Å². The second-order valence-corrected chi connectivity index (χ2v) is 6.04. The Morgan fingerprint density at radius 1 is 1.21 bits per heavy atom. The molecule has 0 bridgehead atoms. The summed E-state index contributed by atoms with van der Waals surface area (Å²) in [6.07, 6.45) is 0. The molecule has 2 N–H and O–H groups in total. The van der Waals surface area contributed by atoms with E-state index in [9.17, 15) is 0 Å². The van der Waals surface area contributed by atoms with E-state index in [1.165, 1.54) is 11.5 Å². The average molecular weight is 356 g/mol. The smallest absolute Gasteiger partial charge is 0.171 e. The fourth-order valence-corrected chi connectivity index (χ4v) is 2.80. The van der Waals surface area contributed by atoms with Gasteiger partial charge >= 0.3 is 0 Å². The summed E-state index contributed by atoms with van der Waals surface area (Å²) in [6, 6.07) is 15.8. The summed E-state index contributed by atoms with van der Waals surface area (Å²) in [4.78, 5) is 0. The number of benzene rings is 2. The Morgan fingerprint density at radius 2 is 2.04 bits per heavy atom. The van der Waals surface area contributed by atoms with E-state index >= 15 is 0 Å². The molecule has 3 rings (SSSR count). The van der Waals surface area contributed by atoms with Crippen LogP contribution < -0.4 is 15.4 Å². The molecule has 24 heavy (non-hydrogen) atoms. The number of thiocarbonyl (C=S) groups is 1. The summed E-state index contributed by atoms with van der Waals surface area (Å²) in [7, 11) is 1.64. The molecule has 0 aliphatic carbocycles. The standard InChI is InChI=1S/C17H16N4OS2/c1-22-15-4-2-3-14(9-15)19-17(23)18-10-12-5-7-13(8-6-12)16-11-24-21-20-16/h2-9,11H,10H2,1H3,(H2,18,19,23). The number of nitrogens with zero attached hydrogens (tertiary/aromatic N) is 2. The molecular weight excluding hydrogens is 340 g/mol. The highest BCUT2D eigenvalue weighted by Gasteiger charge is 2.02. The zero-order valence-electron chi connectivity index (χ0n) is 13.0. The predicted molar refractivity (Wildman–Crippen MR) is 101 cm³/mol. The second-order valence-electron chi connectivity index (χ2n) is 5.03. The zero-order chi connectivity index (χ0) is 16.8. The molecule has 3 aromatic rings. The zero-order valence-corrected chi connectivity index (χ0v) is 14.7. The molecule has 0 spiro atoms. The molecule has 7 heteroatoms. The van der Waals surface area contributed by atoms with E-state index in [0.717, 1.165) is 28.3 Å². The van der Waals surface area contributed by atoms with E-state index in [1.54, 1.807) is 7.11 Å². The molecule has 0 fully saturated rings. The lowest BCUT2D eigenvalue weighted by molar-refractivity contribution is 0.415. The summed E-state index contributed by atoms with van der Waals surface area (Å²) >= 11 is 6.67. The number of hydrogen-bond donors (Lipinski definition) is 2. The molecule has 1 aromatic heterocycles. The monoisotopic (exact) mass is 356 g/mol. The molecule has 5 nitrogen and oxygen atoms in total. The Morgan fingerprint density at radius 3 is 2.75 bits per heavy atom. The Balaban J connectivity index is 1.54. The molecule has 122 valence electrons. The number of methoxy groups -OCH3 is 1. The highest BCUT2D eigenvalue weighted by atomic mass is 32.1. The van der Waals surface area contributed by atoms with Crippen molar-refractivity contribution in [2.45, 2.75) is 6.54 Å². The fraction of sp³-hybridized carbons (Fsp3) is 0.118. The van der Waals surface area contributed by atoms with Crippen molar-refractivity contribution in [3.63, 3.8) is 0 Å². The third-order valence-electron chi connectivity index (χ3n) is 3.39. The maximum Gasteiger partial charge on any atom is 0.171 e. The topological polar surface area (TPSA) is 59.1 Å². The maximum atomic E-state index is 5.33. The van der Waals surface area contributed by atoms with Crippen molar-refractivity contribution in [3.8, 4) is 17.0 Å². The minimum Gasteiger partial charge on any atom is -0.497 e. The minimum absolute atomic E-state index is 0.566. The second kappa shape index (κ2) is 7.85. The van der Waals surface area contributed by atoms with Gasteiger partial charge in [-0.3, -0.25) is 0 Å². The van der Waals surface area contributed by atoms with Crippen molar-refractivity contribution >= 4 is 34.6 Å². The quantitative estimate of drug-likeness (QED) is 0.680. The van der Waals surface area contributed by atoms with Crippen molar-refractivity contribution < 1.29 is 4.74 Å². The van der Waals surface area contributed by atoms with Gasteiger partial charge in [-0.25, -0.2) is 0 Å². The molecule has 0 unspecified atom stereocenters. The third kappa shape index (κ3) is 4.27. The first-order chi connectivity index (χ1) is 11.7. The number of ether oxygens (including phenoxy) is 1. The lowest BCUT2D eigenvalue weighted by atomic mass is 10.1. The maximum absolute atomic E-state index is 5.33.